The normalized spacial score (nSPS) is 12.4. The summed E-state index contributed by atoms with van der Waals surface area (Å²) in [5.74, 6) is 1.13. The Morgan fingerprint density at radius 2 is 1.75 bits per heavy atom. The van der Waals surface area contributed by atoms with Crippen LogP contribution in [0, 0.1) is 0 Å². The molecule has 160 valence electrons. The lowest BCUT2D eigenvalue weighted by molar-refractivity contribution is 0.102. The van der Waals surface area contributed by atoms with Gasteiger partial charge in [0.2, 0.25) is 0 Å². The Kier molecular flexibility index (Phi) is 5.76. The SMILES string of the molecule is O=C(Nc1cc2c(cc1Sc1ccccc1)OCCO2)c1ccc(Cn2cncn2)cc1. The number of nitrogens with one attached hydrogen (secondary N) is 1. The largest absolute Gasteiger partial charge is 0.486 e. The molecule has 0 unspecified atom stereocenters. The molecular weight excluding hydrogens is 424 g/mol. The van der Waals surface area contributed by atoms with Crippen molar-refractivity contribution in [1.82, 2.24) is 14.8 Å². The predicted molar refractivity (Wildman–Crippen MR) is 122 cm³/mol. The second kappa shape index (κ2) is 9.15. The maximum absolute atomic E-state index is 13.0. The molecule has 0 aliphatic carbocycles. The third-order valence-electron chi connectivity index (χ3n) is 4.89. The van der Waals surface area contributed by atoms with Gasteiger partial charge in [-0.1, -0.05) is 42.1 Å². The Bertz CT molecular complexity index is 1210. The van der Waals surface area contributed by atoms with Gasteiger partial charge in [-0.25, -0.2) is 9.67 Å². The Balaban J connectivity index is 1.38. The van der Waals surface area contributed by atoms with E-state index in [2.05, 4.69) is 15.4 Å². The lowest BCUT2D eigenvalue weighted by Gasteiger charge is -2.21. The molecule has 5 rings (SSSR count). The molecule has 0 saturated carbocycles. The fourth-order valence-corrected chi connectivity index (χ4v) is 4.26. The lowest BCUT2D eigenvalue weighted by Crippen LogP contribution is -2.17. The van der Waals surface area contributed by atoms with Gasteiger partial charge in [0, 0.05) is 27.5 Å². The minimum atomic E-state index is -0.191. The molecule has 1 amide bonds. The maximum Gasteiger partial charge on any atom is 0.255 e. The van der Waals surface area contributed by atoms with Crippen molar-refractivity contribution in [2.45, 2.75) is 16.3 Å². The second-order valence-corrected chi connectivity index (χ2v) is 8.27. The number of carbonyl (C=O) groups is 1. The molecule has 0 saturated heterocycles. The van der Waals surface area contributed by atoms with E-state index in [1.807, 2.05) is 66.7 Å². The average molecular weight is 445 g/mol. The maximum atomic E-state index is 13.0. The highest BCUT2D eigenvalue weighted by Gasteiger charge is 2.18. The summed E-state index contributed by atoms with van der Waals surface area (Å²) in [6.45, 7) is 1.59. The molecule has 0 spiro atoms. The van der Waals surface area contributed by atoms with Gasteiger partial charge in [-0.3, -0.25) is 4.79 Å². The highest BCUT2D eigenvalue weighted by Crippen LogP contribution is 2.42. The van der Waals surface area contributed by atoms with Gasteiger partial charge in [0.15, 0.2) is 11.5 Å². The summed E-state index contributed by atoms with van der Waals surface area (Å²) < 4.78 is 13.2. The number of rotatable bonds is 6. The number of nitrogens with zero attached hydrogens (tertiary/aromatic N) is 3. The van der Waals surface area contributed by atoms with Crippen LogP contribution in [0.1, 0.15) is 15.9 Å². The molecule has 32 heavy (non-hydrogen) atoms. The molecule has 0 fully saturated rings. The van der Waals surface area contributed by atoms with Crippen molar-refractivity contribution in [2.75, 3.05) is 18.5 Å². The van der Waals surface area contributed by atoms with E-state index in [0.717, 1.165) is 15.4 Å². The molecule has 4 aromatic rings. The number of amides is 1. The smallest absolute Gasteiger partial charge is 0.255 e. The number of aromatic nitrogens is 3. The molecule has 0 bridgehead atoms. The van der Waals surface area contributed by atoms with Crippen molar-refractivity contribution in [2.24, 2.45) is 0 Å². The minimum absolute atomic E-state index is 0.191. The standard InChI is InChI=1S/C24H20N4O3S/c29-24(18-8-6-17(7-9-18)14-28-16-25-15-26-28)27-20-12-21-22(31-11-10-30-21)13-23(20)32-19-4-2-1-3-5-19/h1-9,12-13,15-16H,10-11,14H2,(H,27,29). The summed E-state index contributed by atoms with van der Waals surface area (Å²) in [7, 11) is 0. The van der Waals surface area contributed by atoms with E-state index in [4.69, 9.17) is 9.47 Å². The van der Waals surface area contributed by atoms with Crippen molar-refractivity contribution in [3.05, 3.63) is 90.5 Å². The average Bonchev–Trinajstić information content (AvgIpc) is 3.33. The van der Waals surface area contributed by atoms with Gasteiger partial charge in [-0.2, -0.15) is 5.10 Å². The van der Waals surface area contributed by atoms with Gasteiger partial charge in [0.1, 0.15) is 25.9 Å². The van der Waals surface area contributed by atoms with E-state index in [-0.39, 0.29) is 5.91 Å². The van der Waals surface area contributed by atoms with Crippen LogP contribution in [-0.2, 0) is 6.54 Å². The first-order valence-electron chi connectivity index (χ1n) is 10.1. The summed E-state index contributed by atoms with van der Waals surface area (Å²) in [4.78, 5) is 18.9. The van der Waals surface area contributed by atoms with Crippen LogP contribution in [0.25, 0.3) is 0 Å². The van der Waals surface area contributed by atoms with Crippen LogP contribution < -0.4 is 14.8 Å². The van der Waals surface area contributed by atoms with Crippen LogP contribution in [0.15, 0.2) is 89.2 Å². The predicted octanol–water partition coefficient (Wildman–Crippen LogP) is 4.50. The molecule has 7 nitrogen and oxygen atoms in total. The van der Waals surface area contributed by atoms with Crippen LogP contribution in [-0.4, -0.2) is 33.9 Å². The molecule has 1 N–H and O–H groups in total. The Morgan fingerprint density at radius 1 is 1.00 bits per heavy atom. The third kappa shape index (κ3) is 4.60. The molecular formula is C24H20N4O3S. The number of fused-ring (bicyclic) bond motifs is 1. The third-order valence-corrected chi connectivity index (χ3v) is 5.96. The molecule has 1 aliphatic rings. The number of anilines is 1. The van der Waals surface area contributed by atoms with Gasteiger partial charge in [-0.05, 0) is 29.8 Å². The van der Waals surface area contributed by atoms with Crippen molar-refractivity contribution in [3.63, 3.8) is 0 Å². The van der Waals surface area contributed by atoms with Gasteiger partial charge >= 0.3 is 0 Å². The molecule has 8 heteroatoms. The van der Waals surface area contributed by atoms with Crippen LogP contribution in [0.4, 0.5) is 5.69 Å². The first-order valence-corrected chi connectivity index (χ1v) is 11.0. The first-order chi connectivity index (χ1) is 15.7. The number of hydrogen-bond donors (Lipinski definition) is 1. The van der Waals surface area contributed by atoms with Gasteiger partial charge in [0.05, 0.1) is 12.2 Å². The fraction of sp³-hybridized carbons (Fsp3) is 0.125. The number of ether oxygens (including phenoxy) is 2. The van der Waals surface area contributed by atoms with Gasteiger partial charge in [0.25, 0.3) is 5.91 Å². The van der Waals surface area contributed by atoms with Gasteiger partial charge in [-0.15, -0.1) is 0 Å². The topological polar surface area (TPSA) is 78.3 Å². The van der Waals surface area contributed by atoms with Crippen molar-refractivity contribution >= 4 is 23.4 Å². The van der Waals surface area contributed by atoms with E-state index in [1.54, 1.807) is 22.8 Å². The highest BCUT2D eigenvalue weighted by molar-refractivity contribution is 7.99. The molecule has 0 atom stereocenters. The zero-order chi connectivity index (χ0) is 21.8. The van der Waals surface area contributed by atoms with E-state index in [9.17, 15) is 4.79 Å². The van der Waals surface area contributed by atoms with Crippen LogP contribution in [0.2, 0.25) is 0 Å². The highest BCUT2D eigenvalue weighted by atomic mass is 32.2. The Labute approximate surface area is 189 Å². The molecule has 1 aliphatic heterocycles. The zero-order valence-corrected chi connectivity index (χ0v) is 17.9. The second-order valence-electron chi connectivity index (χ2n) is 7.15. The first kappa shape index (κ1) is 20.1. The van der Waals surface area contributed by atoms with Crippen molar-refractivity contribution in [3.8, 4) is 11.5 Å². The van der Waals surface area contributed by atoms with Crippen LogP contribution >= 0.6 is 11.8 Å². The lowest BCUT2D eigenvalue weighted by atomic mass is 10.1. The summed E-state index contributed by atoms with van der Waals surface area (Å²) in [5, 5.41) is 7.15. The van der Waals surface area contributed by atoms with Crippen molar-refractivity contribution in [1.29, 1.82) is 0 Å². The summed E-state index contributed by atoms with van der Waals surface area (Å²) >= 11 is 1.56. The summed E-state index contributed by atoms with van der Waals surface area (Å²) in [6.07, 6.45) is 3.16. The Hall–Kier alpha value is -3.78. The van der Waals surface area contributed by atoms with Crippen molar-refractivity contribution < 1.29 is 14.3 Å². The van der Waals surface area contributed by atoms with E-state index in [0.29, 0.717) is 42.5 Å². The monoisotopic (exact) mass is 444 g/mol. The molecule has 1 aromatic heterocycles. The quantitative estimate of drug-likeness (QED) is 0.472. The zero-order valence-electron chi connectivity index (χ0n) is 17.1. The number of hydrogen-bond acceptors (Lipinski definition) is 6. The van der Waals surface area contributed by atoms with Gasteiger partial charge < -0.3 is 14.8 Å². The molecule has 3 aromatic carbocycles. The summed E-state index contributed by atoms with van der Waals surface area (Å²) in [5.41, 5.74) is 2.28. The number of carbonyl (C=O) groups excluding carboxylic acids is 1. The minimum Gasteiger partial charge on any atom is -0.486 e. The van der Waals surface area contributed by atoms with Crippen LogP contribution in [0.5, 0.6) is 11.5 Å². The van der Waals surface area contributed by atoms with E-state index in [1.165, 1.54) is 6.33 Å². The fourth-order valence-electron chi connectivity index (χ4n) is 3.33. The number of benzene rings is 3. The van der Waals surface area contributed by atoms with E-state index < -0.39 is 0 Å². The van der Waals surface area contributed by atoms with Crippen LogP contribution in [0.3, 0.4) is 0 Å². The molecule has 0 radical (unpaired) electrons. The Morgan fingerprint density at radius 3 is 2.47 bits per heavy atom. The van der Waals surface area contributed by atoms with E-state index >= 15 is 0 Å². The summed E-state index contributed by atoms with van der Waals surface area (Å²) in [6, 6.07) is 21.2. The molecule has 2 heterocycles.